The molecule has 2 aromatic rings. The highest BCUT2D eigenvalue weighted by Gasteiger charge is 2.44. The van der Waals surface area contributed by atoms with E-state index in [2.05, 4.69) is 11.7 Å². The molecule has 1 aliphatic rings. The van der Waals surface area contributed by atoms with E-state index in [4.69, 9.17) is 0 Å². The zero-order valence-electron chi connectivity index (χ0n) is 12.0. The lowest BCUT2D eigenvalue weighted by Crippen LogP contribution is -2.40. The maximum atomic E-state index is 12.9. The number of rotatable bonds is 4. The number of hydrogen-bond acceptors (Lipinski definition) is 5. The quantitative estimate of drug-likeness (QED) is 0.640. The van der Waals surface area contributed by atoms with E-state index < -0.39 is 22.0 Å². The first kappa shape index (κ1) is 16.6. The predicted octanol–water partition coefficient (Wildman–Crippen LogP) is 2.63. The van der Waals surface area contributed by atoms with Crippen LogP contribution in [-0.2, 0) is 14.8 Å². The molecule has 122 valence electrons. The Kier molecular flexibility index (Phi) is 4.59. The fourth-order valence-electron chi connectivity index (χ4n) is 2.80. The van der Waals surface area contributed by atoms with Gasteiger partial charge in [-0.2, -0.15) is 4.31 Å². The molecule has 3 rings (SSSR count). The van der Waals surface area contributed by atoms with Crippen molar-refractivity contribution in [3.05, 3.63) is 42.5 Å². The van der Waals surface area contributed by atoms with Gasteiger partial charge in [-0.3, -0.25) is 4.79 Å². The Morgan fingerprint density at radius 3 is 2.57 bits per heavy atom. The SMILES string of the molecule is O=C(O)[C@@H]1C[C@H](SS)CN1S(=O)(=O)c1ccc2ccccc2c1. The molecule has 0 radical (unpaired) electrons. The largest absolute Gasteiger partial charge is 0.480 e. The first-order valence-electron chi connectivity index (χ1n) is 6.97. The molecule has 0 aliphatic carbocycles. The third-order valence-electron chi connectivity index (χ3n) is 3.98. The molecule has 2 aromatic carbocycles. The van der Waals surface area contributed by atoms with Gasteiger partial charge in [0, 0.05) is 11.8 Å². The van der Waals surface area contributed by atoms with Crippen LogP contribution in [0.3, 0.4) is 0 Å². The van der Waals surface area contributed by atoms with Gasteiger partial charge in [0.25, 0.3) is 0 Å². The zero-order chi connectivity index (χ0) is 16.6. The third kappa shape index (κ3) is 3.08. The number of fused-ring (bicyclic) bond motifs is 1. The van der Waals surface area contributed by atoms with Crippen LogP contribution in [0.15, 0.2) is 47.4 Å². The molecule has 0 saturated carbocycles. The minimum Gasteiger partial charge on any atom is -0.480 e. The van der Waals surface area contributed by atoms with Crippen molar-refractivity contribution >= 4 is 49.2 Å². The Labute approximate surface area is 143 Å². The van der Waals surface area contributed by atoms with E-state index in [-0.39, 0.29) is 23.1 Å². The lowest BCUT2D eigenvalue weighted by atomic mass is 10.1. The Morgan fingerprint density at radius 2 is 1.91 bits per heavy atom. The average Bonchev–Trinajstić information content (AvgIpc) is 3.00. The number of benzene rings is 2. The van der Waals surface area contributed by atoms with Gasteiger partial charge in [-0.05, 0) is 29.3 Å². The van der Waals surface area contributed by atoms with Crippen LogP contribution in [0, 0.1) is 0 Å². The Hall–Kier alpha value is -1.22. The summed E-state index contributed by atoms with van der Waals surface area (Å²) in [7, 11) is -2.67. The predicted molar refractivity (Wildman–Crippen MR) is 94.2 cm³/mol. The van der Waals surface area contributed by atoms with Crippen LogP contribution in [-0.4, -0.2) is 41.6 Å². The van der Waals surface area contributed by atoms with E-state index in [0.29, 0.717) is 0 Å². The van der Waals surface area contributed by atoms with Crippen molar-refractivity contribution in [1.29, 1.82) is 0 Å². The molecule has 0 unspecified atom stereocenters. The molecule has 0 aromatic heterocycles. The lowest BCUT2D eigenvalue weighted by Gasteiger charge is -2.21. The summed E-state index contributed by atoms with van der Waals surface area (Å²) in [5.74, 6) is -1.13. The molecule has 5 nitrogen and oxygen atoms in total. The second kappa shape index (κ2) is 6.35. The molecule has 0 amide bonds. The number of carboxylic acid groups (broad SMARTS) is 1. The molecule has 23 heavy (non-hydrogen) atoms. The van der Waals surface area contributed by atoms with Crippen molar-refractivity contribution in [1.82, 2.24) is 4.31 Å². The van der Waals surface area contributed by atoms with Crippen LogP contribution in [0.5, 0.6) is 0 Å². The van der Waals surface area contributed by atoms with Crippen LogP contribution in [0.1, 0.15) is 6.42 Å². The highest BCUT2D eigenvalue weighted by atomic mass is 33.1. The van der Waals surface area contributed by atoms with Gasteiger partial charge in [0.15, 0.2) is 0 Å². The normalized spacial score (nSPS) is 22.5. The first-order valence-corrected chi connectivity index (χ1v) is 10.3. The van der Waals surface area contributed by atoms with Crippen LogP contribution >= 0.6 is 22.5 Å². The van der Waals surface area contributed by atoms with E-state index in [1.54, 1.807) is 12.1 Å². The van der Waals surface area contributed by atoms with Crippen molar-refractivity contribution < 1.29 is 18.3 Å². The number of carbonyl (C=O) groups is 1. The number of hydrogen-bond donors (Lipinski definition) is 2. The maximum absolute atomic E-state index is 12.9. The third-order valence-corrected chi connectivity index (χ3v) is 7.38. The molecule has 0 spiro atoms. The van der Waals surface area contributed by atoms with Crippen molar-refractivity contribution in [2.75, 3.05) is 6.54 Å². The fraction of sp³-hybridized carbons (Fsp3) is 0.267. The van der Waals surface area contributed by atoms with Gasteiger partial charge in [-0.25, -0.2) is 8.42 Å². The minimum atomic E-state index is -3.86. The lowest BCUT2D eigenvalue weighted by molar-refractivity contribution is -0.140. The number of sulfonamides is 1. The molecule has 8 heteroatoms. The van der Waals surface area contributed by atoms with E-state index in [0.717, 1.165) is 15.1 Å². The maximum Gasteiger partial charge on any atom is 0.322 e. The molecule has 1 saturated heterocycles. The van der Waals surface area contributed by atoms with Gasteiger partial charge in [0.1, 0.15) is 6.04 Å². The van der Waals surface area contributed by atoms with Crippen LogP contribution in [0.25, 0.3) is 10.8 Å². The molecule has 1 fully saturated rings. The highest BCUT2D eigenvalue weighted by Crippen LogP contribution is 2.34. The van der Waals surface area contributed by atoms with E-state index in [1.165, 1.54) is 16.9 Å². The second-order valence-electron chi connectivity index (χ2n) is 5.40. The molecule has 0 bridgehead atoms. The topological polar surface area (TPSA) is 74.7 Å². The summed E-state index contributed by atoms with van der Waals surface area (Å²) in [6.07, 6.45) is 0.260. The van der Waals surface area contributed by atoms with Crippen molar-refractivity contribution in [3.8, 4) is 0 Å². The Bertz CT molecular complexity index is 853. The standard InChI is InChI=1S/C15H15NO4S3/c17-15(18)14-8-12(22-21)9-16(14)23(19,20)13-6-5-10-3-1-2-4-11(10)7-13/h1-7,12,14,21H,8-9H2,(H,17,18)/t12-,14-/m0/s1. The van der Waals surface area contributed by atoms with Gasteiger partial charge in [0.05, 0.1) is 4.90 Å². The Morgan fingerprint density at radius 1 is 1.22 bits per heavy atom. The van der Waals surface area contributed by atoms with Gasteiger partial charge in [-0.15, -0.1) is 11.7 Å². The van der Waals surface area contributed by atoms with Crippen molar-refractivity contribution in [2.24, 2.45) is 0 Å². The average molecular weight is 369 g/mol. The fourth-order valence-corrected chi connectivity index (χ4v) is 5.52. The van der Waals surface area contributed by atoms with Crippen molar-refractivity contribution in [3.63, 3.8) is 0 Å². The summed E-state index contributed by atoms with van der Waals surface area (Å²) in [5.41, 5.74) is 0. The summed E-state index contributed by atoms with van der Waals surface area (Å²) in [4.78, 5) is 11.5. The number of carboxylic acids is 1. The second-order valence-corrected chi connectivity index (χ2v) is 8.80. The van der Waals surface area contributed by atoms with Crippen LogP contribution in [0.4, 0.5) is 0 Å². The molecule has 1 heterocycles. The molecule has 1 aliphatic heterocycles. The van der Waals surface area contributed by atoms with Gasteiger partial charge in [0.2, 0.25) is 10.0 Å². The Balaban J connectivity index is 2.03. The van der Waals surface area contributed by atoms with Gasteiger partial charge in [-0.1, -0.05) is 41.1 Å². The zero-order valence-corrected chi connectivity index (χ0v) is 14.5. The molecule has 1 N–H and O–H groups in total. The highest BCUT2D eigenvalue weighted by molar-refractivity contribution is 8.68. The van der Waals surface area contributed by atoms with E-state index >= 15 is 0 Å². The molecular weight excluding hydrogens is 354 g/mol. The van der Waals surface area contributed by atoms with Crippen LogP contribution < -0.4 is 0 Å². The number of thiol groups is 1. The molecular formula is C15H15NO4S3. The summed E-state index contributed by atoms with van der Waals surface area (Å²) in [5, 5.41) is 11.0. The summed E-state index contributed by atoms with van der Waals surface area (Å²) in [6, 6.07) is 11.3. The number of aliphatic carboxylic acids is 1. The summed E-state index contributed by atoms with van der Waals surface area (Å²) >= 11 is 4.10. The first-order chi connectivity index (χ1) is 10.9. The van der Waals surface area contributed by atoms with E-state index in [1.807, 2.05) is 24.3 Å². The summed E-state index contributed by atoms with van der Waals surface area (Å²) < 4.78 is 26.8. The van der Waals surface area contributed by atoms with Gasteiger partial charge >= 0.3 is 5.97 Å². The monoisotopic (exact) mass is 369 g/mol. The minimum absolute atomic E-state index is 0.118. The smallest absolute Gasteiger partial charge is 0.322 e. The van der Waals surface area contributed by atoms with Crippen molar-refractivity contribution in [2.45, 2.75) is 22.6 Å². The van der Waals surface area contributed by atoms with Gasteiger partial charge < -0.3 is 5.11 Å². The number of nitrogens with zero attached hydrogens (tertiary/aromatic N) is 1. The van der Waals surface area contributed by atoms with Crippen LogP contribution in [0.2, 0.25) is 0 Å². The van der Waals surface area contributed by atoms with E-state index in [9.17, 15) is 18.3 Å². The summed E-state index contributed by atoms with van der Waals surface area (Å²) in [6.45, 7) is 0.153. The molecule has 2 atom stereocenters.